The first-order chi connectivity index (χ1) is 9.72. The number of ether oxygens (including phenoxy) is 1. The van der Waals surface area contributed by atoms with Crippen LogP contribution in [0.3, 0.4) is 0 Å². The fraction of sp³-hybridized carbons (Fsp3) is 0.143. The van der Waals surface area contributed by atoms with Crippen molar-refractivity contribution >= 4 is 33.2 Å². The summed E-state index contributed by atoms with van der Waals surface area (Å²) >= 11 is 3.39. The number of aromatic nitrogens is 1. The second-order valence-corrected chi connectivity index (χ2v) is 5.11. The zero-order chi connectivity index (χ0) is 13.9. The molecule has 0 atom stereocenters. The topological polar surface area (TPSA) is 63.2 Å². The van der Waals surface area contributed by atoms with Crippen LogP contribution in [0.15, 0.2) is 41.1 Å². The lowest BCUT2D eigenvalue weighted by Crippen LogP contribution is -2.25. The maximum Gasteiger partial charge on any atom is 0.262 e. The van der Waals surface area contributed by atoms with E-state index in [4.69, 9.17) is 4.74 Å². The van der Waals surface area contributed by atoms with Gasteiger partial charge in [-0.1, -0.05) is 6.07 Å². The van der Waals surface area contributed by atoms with Gasteiger partial charge in [0, 0.05) is 12.7 Å². The van der Waals surface area contributed by atoms with Crippen molar-refractivity contribution in [3.05, 3.63) is 46.7 Å². The minimum absolute atomic E-state index is 0.0766. The van der Waals surface area contributed by atoms with Crippen LogP contribution in [0.4, 0.5) is 11.4 Å². The predicted octanol–water partition coefficient (Wildman–Crippen LogP) is 2.79. The van der Waals surface area contributed by atoms with E-state index >= 15 is 0 Å². The van der Waals surface area contributed by atoms with Crippen LogP contribution in [0.2, 0.25) is 0 Å². The molecular weight excluding hydrogens is 322 g/mol. The molecule has 20 heavy (non-hydrogen) atoms. The summed E-state index contributed by atoms with van der Waals surface area (Å²) in [6, 6.07) is 9.55. The molecule has 0 fully saturated rings. The van der Waals surface area contributed by atoms with Crippen LogP contribution < -0.4 is 15.4 Å². The second-order valence-electron chi connectivity index (χ2n) is 4.36. The molecule has 102 valence electrons. The first-order valence-corrected chi connectivity index (χ1v) is 6.91. The van der Waals surface area contributed by atoms with E-state index in [1.54, 1.807) is 6.20 Å². The summed E-state index contributed by atoms with van der Waals surface area (Å²) in [4.78, 5) is 15.4. The highest BCUT2D eigenvalue weighted by molar-refractivity contribution is 9.10. The van der Waals surface area contributed by atoms with Gasteiger partial charge in [-0.2, -0.15) is 0 Å². The SMILES string of the molecule is O=C1COc2ccc(CNc3cccnc3Br)cc2N1. The average Bonchev–Trinajstić information content (AvgIpc) is 2.46. The maximum atomic E-state index is 11.3. The number of hydrogen-bond acceptors (Lipinski definition) is 4. The first kappa shape index (κ1) is 12.9. The smallest absolute Gasteiger partial charge is 0.262 e. The van der Waals surface area contributed by atoms with E-state index < -0.39 is 0 Å². The lowest BCUT2D eigenvalue weighted by atomic mass is 10.1. The lowest BCUT2D eigenvalue weighted by Gasteiger charge is -2.18. The van der Waals surface area contributed by atoms with Crippen molar-refractivity contribution in [2.24, 2.45) is 0 Å². The van der Waals surface area contributed by atoms with Crippen LogP contribution in [0.5, 0.6) is 5.75 Å². The number of hydrogen-bond donors (Lipinski definition) is 2. The number of pyridine rings is 1. The number of anilines is 2. The molecule has 0 aliphatic carbocycles. The molecule has 0 bridgehead atoms. The molecule has 1 amide bonds. The van der Waals surface area contributed by atoms with Gasteiger partial charge in [-0.25, -0.2) is 4.98 Å². The Morgan fingerprint density at radius 3 is 3.15 bits per heavy atom. The number of carbonyl (C=O) groups excluding carboxylic acids is 1. The summed E-state index contributed by atoms with van der Waals surface area (Å²) in [5.74, 6) is 0.577. The number of carbonyl (C=O) groups is 1. The second kappa shape index (κ2) is 5.50. The summed E-state index contributed by atoms with van der Waals surface area (Å²) < 4.78 is 6.10. The Kier molecular flexibility index (Phi) is 3.56. The first-order valence-electron chi connectivity index (χ1n) is 6.12. The van der Waals surface area contributed by atoms with Crippen LogP contribution in [0.25, 0.3) is 0 Å². The van der Waals surface area contributed by atoms with Crippen molar-refractivity contribution in [1.29, 1.82) is 0 Å². The predicted molar refractivity (Wildman–Crippen MR) is 79.8 cm³/mol. The van der Waals surface area contributed by atoms with E-state index in [9.17, 15) is 4.79 Å². The van der Waals surface area contributed by atoms with E-state index in [1.807, 2.05) is 30.3 Å². The van der Waals surface area contributed by atoms with Crippen LogP contribution in [-0.4, -0.2) is 17.5 Å². The summed E-state index contributed by atoms with van der Waals surface area (Å²) in [6.07, 6.45) is 1.72. The van der Waals surface area contributed by atoms with Crippen LogP contribution >= 0.6 is 15.9 Å². The van der Waals surface area contributed by atoms with Gasteiger partial charge in [0.05, 0.1) is 11.4 Å². The molecule has 1 aliphatic rings. The molecule has 0 saturated heterocycles. The molecule has 2 heterocycles. The Morgan fingerprint density at radius 2 is 2.30 bits per heavy atom. The minimum Gasteiger partial charge on any atom is -0.482 e. The van der Waals surface area contributed by atoms with Crippen LogP contribution in [0, 0.1) is 0 Å². The summed E-state index contributed by atoms with van der Waals surface area (Å²) in [7, 11) is 0. The Balaban J connectivity index is 1.74. The average molecular weight is 334 g/mol. The summed E-state index contributed by atoms with van der Waals surface area (Å²) in [6.45, 7) is 0.709. The molecule has 1 aliphatic heterocycles. The van der Waals surface area contributed by atoms with Gasteiger partial charge >= 0.3 is 0 Å². The molecular formula is C14H12BrN3O2. The molecule has 0 unspecified atom stereocenters. The number of benzene rings is 1. The lowest BCUT2D eigenvalue weighted by molar-refractivity contribution is -0.118. The van der Waals surface area contributed by atoms with Crippen molar-refractivity contribution in [2.45, 2.75) is 6.54 Å². The fourth-order valence-electron chi connectivity index (χ4n) is 1.96. The highest BCUT2D eigenvalue weighted by atomic mass is 79.9. The summed E-state index contributed by atoms with van der Waals surface area (Å²) in [5.41, 5.74) is 2.68. The van der Waals surface area contributed by atoms with E-state index in [-0.39, 0.29) is 12.5 Å². The van der Waals surface area contributed by atoms with Crippen molar-refractivity contribution in [3.8, 4) is 5.75 Å². The number of nitrogens with one attached hydrogen (secondary N) is 2. The van der Waals surface area contributed by atoms with Crippen molar-refractivity contribution < 1.29 is 9.53 Å². The zero-order valence-corrected chi connectivity index (χ0v) is 12.1. The van der Waals surface area contributed by atoms with Gasteiger partial charge in [0.15, 0.2) is 6.61 Å². The highest BCUT2D eigenvalue weighted by Gasteiger charge is 2.15. The molecule has 3 rings (SSSR count). The minimum atomic E-state index is -0.127. The maximum absolute atomic E-state index is 11.3. The van der Waals surface area contributed by atoms with E-state index in [2.05, 4.69) is 31.5 Å². The van der Waals surface area contributed by atoms with Gasteiger partial charge in [-0.3, -0.25) is 4.79 Å². The number of nitrogens with zero attached hydrogens (tertiary/aromatic N) is 1. The standard InChI is InChI=1S/C14H12BrN3O2/c15-14-10(2-1-5-16-14)17-7-9-3-4-12-11(6-9)18-13(19)8-20-12/h1-6,17H,7-8H2,(H,18,19). The Hall–Kier alpha value is -2.08. The number of amides is 1. The van der Waals surface area contributed by atoms with Crippen molar-refractivity contribution in [2.75, 3.05) is 17.2 Å². The third-order valence-corrected chi connectivity index (χ3v) is 3.55. The molecule has 0 saturated carbocycles. The zero-order valence-electron chi connectivity index (χ0n) is 10.5. The number of fused-ring (bicyclic) bond motifs is 1. The van der Waals surface area contributed by atoms with Crippen LogP contribution in [-0.2, 0) is 11.3 Å². The molecule has 1 aromatic carbocycles. The molecule has 2 aromatic rings. The van der Waals surface area contributed by atoms with Crippen LogP contribution in [0.1, 0.15) is 5.56 Å². The number of halogens is 1. The van der Waals surface area contributed by atoms with Crippen molar-refractivity contribution in [1.82, 2.24) is 4.98 Å². The molecule has 0 radical (unpaired) electrons. The Bertz CT molecular complexity index is 661. The quantitative estimate of drug-likeness (QED) is 0.848. The normalized spacial score (nSPS) is 13.2. The molecule has 5 nitrogen and oxygen atoms in total. The van der Waals surface area contributed by atoms with Gasteiger partial charge in [0.1, 0.15) is 10.4 Å². The highest BCUT2D eigenvalue weighted by Crippen LogP contribution is 2.29. The van der Waals surface area contributed by atoms with E-state index in [0.717, 1.165) is 15.9 Å². The Morgan fingerprint density at radius 1 is 1.40 bits per heavy atom. The van der Waals surface area contributed by atoms with Gasteiger partial charge in [0.2, 0.25) is 0 Å². The molecule has 1 aromatic heterocycles. The fourth-order valence-corrected chi connectivity index (χ4v) is 2.35. The molecule has 2 N–H and O–H groups in total. The van der Waals surface area contributed by atoms with Gasteiger partial charge in [0.25, 0.3) is 5.91 Å². The summed E-state index contributed by atoms with van der Waals surface area (Å²) in [5, 5.41) is 6.08. The van der Waals surface area contributed by atoms with Crippen molar-refractivity contribution in [3.63, 3.8) is 0 Å². The number of rotatable bonds is 3. The monoisotopic (exact) mass is 333 g/mol. The third kappa shape index (κ3) is 2.75. The molecule has 6 heteroatoms. The van der Waals surface area contributed by atoms with E-state index in [1.165, 1.54) is 0 Å². The van der Waals surface area contributed by atoms with Gasteiger partial charge in [-0.15, -0.1) is 0 Å². The third-order valence-electron chi connectivity index (χ3n) is 2.92. The van der Waals surface area contributed by atoms with E-state index in [0.29, 0.717) is 18.0 Å². The molecule has 0 spiro atoms. The van der Waals surface area contributed by atoms with Gasteiger partial charge in [-0.05, 0) is 45.8 Å². The Labute approximate surface area is 124 Å². The van der Waals surface area contributed by atoms with Gasteiger partial charge < -0.3 is 15.4 Å². The largest absolute Gasteiger partial charge is 0.482 e.